The largest absolute Gasteiger partial charge is 0.427 e. The van der Waals surface area contributed by atoms with Crippen LogP contribution in [0.4, 0.5) is 0 Å². The topological polar surface area (TPSA) is 81.7 Å². The molecule has 0 amide bonds. The fraction of sp³-hybridized carbons (Fsp3) is 0. The highest BCUT2D eigenvalue weighted by Crippen LogP contribution is 2.46. The van der Waals surface area contributed by atoms with Gasteiger partial charge in [-0.3, -0.25) is 0 Å². The van der Waals surface area contributed by atoms with Crippen LogP contribution in [-0.4, -0.2) is 8.42 Å². The summed E-state index contributed by atoms with van der Waals surface area (Å²) in [5.41, 5.74) is 0. The van der Waals surface area contributed by atoms with Gasteiger partial charge in [-0.05, 0) is 24.3 Å². The zero-order valence-corrected chi connectivity index (χ0v) is 12.0. The molecule has 6 nitrogen and oxygen atoms in total. The normalized spacial score (nSPS) is 13.8. The minimum absolute atomic E-state index is 0.244. The molecule has 0 fully saturated rings. The van der Waals surface area contributed by atoms with E-state index in [1.54, 1.807) is 53.4 Å². The molecule has 2 rings (SSSR count). The van der Waals surface area contributed by atoms with Crippen molar-refractivity contribution >= 4 is 23.8 Å². The smallest absolute Gasteiger partial charge is 0.420 e. The summed E-state index contributed by atoms with van der Waals surface area (Å²) in [7, 11) is -6.90. The zero-order valence-electron chi connectivity index (χ0n) is 10.2. The van der Waals surface area contributed by atoms with Gasteiger partial charge in [-0.25, -0.2) is 13.0 Å². The second-order valence-electron chi connectivity index (χ2n) is 3.68. The maximum absolute atomic E-state index is 12.7. The molecule has 1 atom stereocenters. The Bertz CT molecular complexity index is 667. The van der Waals surface area contributed by atoms with Crippen LogP contribution in [0.1, 0.15) is 0 Å². The van der Waals surface area contributed by atoms with Crippen LogP contribution in [0.2, 0.25) is 0 Å². The van der Waals surface area contributed by atoms with Crippen LogP contribution in [0, 0.1) is 0 Å². The van der Waals surface area contributed by atoms with Crippen molar-refractivity contribution in [2.45, 2.75) is 0 Å². The molecule has 0 saturated heterocycles. The third-order valence-electron chi connectivity index (χ3n) is 2.28. The molecular weight excluding hydrogens is 301 g/mol. The van der Waals surface area contributed by atoms with Crippen LogP contribution in [0.15, 0.2) is 60.7 Å². The van der Waals surface area contributed by atoms with E-state index in [0.717, 1.165) is 0 Å². The van der Waals surface area contributed by atoms with Gasteiger partial charge in [0.2, 0.25) is 10.9 Å². The molecular formula is C12H12NO5PS. The summed E-state index contributed by atoms with van der Waals surface area (Å²) in [6, 6.07) is 16.5. The van der Waals surface area contributed by atoms with E-state index in [-0.39, 0.29) is 5.30 Å². The van der Waals surface area contributed by atoms with E-state index in [4.69, 9.17) is 9.15 Å². The average Bonchev–Trinajstić information content (AvgIpc) is 2.47. The Morgan fingerprint density at radius 1 is 0.900 bits per heavy atom. The van der Waals surface area contributed by atoms with Crippen LogP contribution >= 0.6 is 7.60 Å². The van der Waals surface area contributed by atoms with E-state index in [1.807, 2.05) is 0 Å². The van der Waals surface area contributed by atoms with Gasteiger partial charge in [0.1, 0.15) is 5.75 Å². The van der Waals surface area contributed by atoms with Gasteiger partial charge in [-0.15, -0.1) is 0 Å². The van der Waals surface area contributed by atoms with Crippen LogP contribution < -0.4 is 14.7 Å². The molecule has 0 bridgehead atoms. The number of rotatable bonds is 6. The summed E-state index contributed by atoms with van der Waals surface area (Å²) < 4.78 is 43.9. The lowest BCUT2D eigenvalue weighted by Crippen LogP contribution is -2.19. The highest BCUT2D eigenvalue weighted by atomic mass is 32.2. The summed E-state index contributed by atoms with van der Waals surface area (Å²) >= 11 is 0. The van der Waals surface area contributed by atoms with Gasteiger partial charge in [0.25, 0.3) is 0 Å². The van der Waals surface area contributed by atoms with Gasteiger partial charge in [0.05, 0.1) is 5.30 Å². The Hall–Kier alpha value is -1.66. The molecule has 1 N–H and O–H groups in total. The predicted molar refractivity (Wildman–Crippen MR) is 75.3 cm³/mol. The Morgan fingerprint density at radius 2 is 1.45 bits per heavy atom. The summed E-state index contributed by atoms with van der Waals surface area (Å²) in [5, 5.41) is 0.244. The predicted octanol–water partition coefficient (Wildman–Crippen LogP) is 1.63. The van der Waals surface area contributed by atoms with Crippen molar-refractivity contribution in [1.82, 2.24) is 4.89 Å². The van der Waals surface area contributed by atoms with Crippen molar-refractivity contribution in [2.75, 3.05) is 0 Å². The second-order valence-corrected chi connectivity index (χ2v) is 6.25. The lowest BCUT2D eigenvalue weighted by atomic mass is 10.3. The van der Waals surface area contributed by atoms with Gasteiger partial charge in [-0.2, -0.15) is 4.62 Å². The monoisotopic (exact) mass is 313 g/mol. The SMILES string of the molecule is O=[SH](=O)NOP(=O)(Oc1ccccc1)c1ccccc1. The molecule has 0 saturated carbocycles. The van der Waals surface area contributed by atoms with E-state index < -0.39 is 18.5 Å². The van der Waals surface area contributed by atoms with E-state index in [2.05, 4.69) is 0 Å². The van der Waals surface area contributed by atoms with Crippen molar-refractivity contribution in [3.63, 3.8) is 0 Å². The minimum atomic E-state index is -3.84. The number of hydrogen-bond acceptors (Lipinski definition) is 5. The average molecular weight is 313 g/mol. The van der Waals surface area contributed by atoms with Crippen molar-refractivity contribution in [3.05, 3.63) is 60.7 Å². The fourth-order valence-corrected chi connectivity index (χ4v) is 3.32. The first-order valence-corrected chi connectivity index (χ1v) is 8.31. The Balaban J connectivity index is 2.31. The first kappa shape index (κ1) is 14.7. The third-order valence-corrected chi connectivity index (χ3v) is 4.37. The molecule has 2 aromatic rings. The van der Waals surface area contributed by atoms with Crippen molar-refractivity contribution in [3.8, 4) is 5.75 Å². The molecule has 0 aliphatic carbocycles. The van der Waals surface area contributed by atoms with Gasteiger partial charge >= 0.3 is 7.60 Å². The molecule has 106 valence electrons. The van der Waals surface area contributed by atoms with E-state index in [9.17, 15) is 13.0 Å². The van der Waals surface area contributed by atoms with Crippen LogP contribution in [0.3, 0.4) is 0 Å². The van der Waals surface area contributed by atoms with E-state index >= 15 is 0 Å². The molecule has 20 heavy (non-hydrogen) atoms. The van der Waals surface area contributed by atoms with E-state index in [0.29, 0.717) is 5.75 Å². The molecule has 0 aliphatic heterocycles. The number of thiol groups is 1. The first-order chi connectivity index (χ1) is 9.60. The van der Waals surface area contributed by atoms with Crippen molar-refractivity contribution in [1.29, 1.82) is 0 Å². The van der Waals surface area contributed by atoms with Crippen molar-refractivity contribution in [2.24, 2.45) is 0 Å². The fourth-order valence-electron chi connectivity index (χ4n) is 1.44. The Kier molecular flexibility index (Phi) is 4.92. The summed E-state index contributed by atoms with van der Waals surface area (Å²) in [6.07, 6.45) is 0. The molecule has 0 aliphatic rings. The highest BCUT2D eigenvalue weighted by Gasteiger charge is 2.30. The highest BCUT2D eigenvalue weighted by molar-refractivity contribution is 7.71. The Labute approximate surface area is 117 Å². The number of nitrogens with one attached hydrogen (secondary N) is 1. The molecule has 0 radical (unpaired) electrons. The number of para-hydroxylation sites is 1. The van der Waals surface area contributed by atoms with Gasteiger partial charge in [0, 0.05) is 0 Å². The van der Waals surface area contributed by atoms with Crippen LogP contribution in [0.5, 0.6) is 5.75 Å². The molecule has 2 aromatic carbocycles. The zero-order chi connectivity index (χ0) is 14.4. The number of benzene rings is 2. The molecule has 0 spiro atoms. The maximum atomic E-state index is 12.7. The lowest BCUT2D eigenvalue weighted by Gasteiger charge is -2.17. The molecule has 1 unspecified atom stereocenters. The third kappa shape index (κ3) is 3.91. The lowest BCUT2D eigenvalue weighted by molar-refractivity contribution is 0.240. The summed E-state index contributed by atoms with van der Waals surface area (Å²) in [5.74, 6) is 0.308. The summed E-state index contributed by atoms with van der Waals surface area (Å²) in [6.45, 7) is 0. The van der Waals surface area contributed by atoms with Crippen LogP contribution in [-0.2, 0) is 20.1 Å². The first-order valence-electron chi connectivity index (χ1n) is 5.59. The molecule has 8 heteroatoms. The quantitative estimate of drug-likeness (QED) is 0.481. The van der Waals surface area contributed by atoms with Crippen molar-refractivity contribution < 1.29 is 22.1 Å². The van der Waals surface area contributed by atoms with Crippen LogP contribution in [0.25, 0.3) is 0 Å². The number of hydrogen-bond donors (Lipinski definition) is 2. The maximum Gasteiger partial charge on any atom is 0.427 e. The standard InChI is InChI=1S/C12H12NO5PS/c14-19(18-13-20(15)16,12-9-5-2-6-10-12)17-11-7-3-1-4-8-11/h1-10,20H,(H,13,15,16). The molecule has 0 aromatic heterocycles. The Morgan fingerprint density at radius 3 is 2.00 bits per heavy atom. The van der Waals surface area contributed by atoms with Gasteiger partial charge < -0.3 is 4.52 Å². The molecule has 0 heterocycles. The minimum Gasteiger partial charge on any atom is -0.420 e. The van der Waals surface area contributed by atoms with Gasteiger partial charge in [0.15, 0.2) is 0 Å². The van der Waals surface area contributed by atoms with E-state index in [1.165, 1.54) is 12.1 Å². The second kappa shape index (κ2) is 6.67. The summed E-state index contributed by atoms with van der Waals surface area (Å²) in [4.78, 5) is 1.67. The van der Waals surface area contributed by atoms with Gasteiger partial charge in [-0.1, -0.05) is 41.3 Å².